The Morgan fingerprint density at radius 3 is 2.39 bits per heavy atom. The molecule has 2 heterocycles. The number of rotatable bonds is 5. The van der Waals surface area contributed by atoms with Crippen LogP contribution in [0.4, 0.5) is 17.2 Å². The van der Waals surface area contributed by atoms with E-state index in [1.807, 2.05) is 37.3 Å². The molecule has 0 bridgehead atoms. The number of hydrogen-bond donors (Lipinski definition) is 2. The normalized spacial score (nSPS) is 13.7. The van der Waals surface area contributed by atoms with E-state index in [0.717, 1.165) is 43.2 Å². The molecule has 1 saturated heterocycles. The SMILES string of the molecule is Cc1cccc(C(=O)Nc2ccc(N3CCN(c4ccccn4)CC3)cc2C(=O)O)c1. The maximum Gasteiger partial charge on any atom is 0.337 e. The lowest BCUT2D eigenvalue weighted by atomic mass is 10.1. The van der Waals surface area contributed by atoms with Crippen LogP contribution in [-0.2, 0) is 0 Å². The third-order valence-electron chi connectivity index (χ3n) is 5.38. The topological polar surface area (TPSA) is 85.8 Å². The van der Waals surface area contributed by atoms with E-state index in [-0.39, 0.29) is 17.2 Å². The molecule has 4 rings (SSSR count). The number of aryl methyl sites for hydroxylation is 1. The summed E-state index contributed by atoms with van der Waals surface area (Å²) in [6, 6.07) is 18.2. The molecule has 158 valence electrons. The van der Waals surface area contributed by atoms with Crippen LogP contribution in [0, 0.1) is 6.92 Å². The first-order valence-electron chi connectivity index (χ1n) is 10.2. The van der Waals surface area contributed by atoms with E-state index in [9.17, 15) is 14.7 Å². The molecule has 0 aliphatic carbocycles. The van der Waals surface area contributed by atoms with E-state index in [1.54, 1.807) is 36.5 Å². The number of anilines is 3. The molecule has 1 fully saturated rings. The van der Waals surface area contributed by atoms with Gasteiger partial charge in [0.25, 0.3) is 5.91 Å². The molecule has 1 aromatic heterocycles. The Morgan fingerprint density at radius 2 is 1.71 bits per heavy atom. The lowest BCUT2D eigenvalue weighted by molar-refractivity contribution is 0.0698. The fourth-order valence-electron chi connectivity index (χ4n) is 3.73. The zero-order valence-electron chi connectivity index (χ0n) is 17.3. The molecule has 7 heteroatoms. The second-order valence-corrected chi connectivity index (χ2v) is 7.52. The minimum Gasteiger partial charge on any atom is -0.478 e. The summed E-state index contributed by atoms with van der Waals surface area (Å²) in [5.41, 5.74) is 2.64. The van der Waals surface area contributed by atoms with E-state index in [4.69, 9.17) is 0 Å². The summed E-state index contributed by atoms with van der Waals surface area (Å²) < 4.78 is 0. The van der Waals surface area contributed by atoms with Gasteiger partial charge in [0, 0.05) is 43.6 Å². The van der Waals surface area contributed by atoms with E-state index in [2.05, 4.69) is 20.1 Å². The average Bonchev–Trinajstić information content (AvgIpc) is 2.80. The highest BCUT2D eigenvalue weighted by molar-refractivity contribution is 6.08. The molecule has 1 amide bonds. The Hall–Kier alpha value is -3.87. The fraction of sp³-hybridized carbons (Fsp3) is 0.208. The standard InChI is InChI=1S/C24H24N4O3/c1-17-5-4-6-18(15-17)23(29)26-21-9-8-19(16-20(21)24(30)31)27-11-13-28(14-12-27)22-7-2-3-10-25-22/h2-10,15-16H,11-14H2,1H3,(H,26,29)(H,30,31). The van der Waals surface area contributed by atoms with Gasteiger partial charge in [0.05, 0.1) is 11.3 Å². The molecule has 0 spiro atoms. The third-order valence-corrected chi connectivity index (χ3v) is 5.38. The molecule has 0 saturated carbocycles. The van der Waals surface area contributed by atoms with Gasteiger partial charge in [0.1, 0.15) is 5.82 Å². The zero-order valence-corrected chi connectivity index (χ0v) is 17.3. The van der Waals surface area contributed by atoms with Crippen LogP contribution in [0.3, 0.4) is 0 Å². The smallest absolute Gasteiger partial charge is 0.337 e. The second-order valence-electron chi connectivity index (χ2n) is 7.52. The molecule has 0 radical (unpaired) electrons. The van der Waals surface area contributed by atoms with Crippen LogP contribution in [0.2, 0.25) is 0 Å². The summed E-state index contributed by atoms with van der Waals surface area (Å²) >= 11 is 0. The molecule has 31 heavy (non-hydrogen) atoms. The molecule has 1 aliphatic heterocycles. The van der Waals surface area contributed by atoms with Gasteiger partial charge in [-0.2, -0.15) is 0 Å². The van der Waals surface area contributed by atoms with E-state index in [0.29, 0.717) is 5.56 Å². The van der Waals surface area contributed by atoms with Gasteiger partial charge < -0.3 is 20.2 Å². The van der Waals surface area contributed by atoms with Crippen LogP contribution in [0.15, 0.2) is 66.9 Å². The summed E-state index contributed by atoms with van der Waals surface area (Å²) in [5.74, 6) is -0.459. The Bertz CT molecular complexity index is 1090. The number of nitrogens with zero attached hydrogens (tertiary/aromatic N) is 3. The van der Waals surface area contributed by atoms with Crippen LogP contribution < -0.4 is 15.1 Å². The molecule has 7 nitrogen and oxygen atoms in total. The molecule has 2 N–H and O–H groups in total. The van der Waals surface area contributed by atoms with E-state index >= 15 is 0 Å². The molecular weight excluding hydrogens is 392 g/mol. The number of nitrogens with one attached hydrogen (secondary N) is 1. The Labute approximate surface area is 181 Å². The second kappa shape index (κ2) is 8.87. The highest BCUT2D eigenvalue weighted by atomic mass is 16.4. The molecule has 2 aromatic carbocycles. The number of benzene rings is 2. The van der Waals surface area contributed by atoms with Gasteiger partial charge >= 0.3 is 5.97 Å². The predicted octanol–water partition coefficient (Wildman–Crippen LogP) is 3.67. The van der Waals surface area contributed by atoms with Crippen LogP contribution in [0.5, 0.6) is 0 Å². The number of carbonyl (C=O) groups excluding carboxylic acids is 1. The maximum absolute atomic E-state index is 12.6. The van der Waals surface area contributed by atoms with Crippen molar-refractivity contribution in [2.45, 2.75) is 6.92 Å². The van der Waals surface area contributed by atoms with E-state index < -0.39 is 5.97 Å². The first-order valence-corrected chi connectivity index (χ1v) is 10.2. The highest BCUT2D eigenvalue weighted by Gasteiger charge is 2.21. The predicted molar refractivity (Wildman–Crippen MR) is 121 cm³/mol. The monoisotopic (exact) mass is 416 g/mol. The summed E-state index contributed by atoms with van der Waals surface area (Å²) in [6.45, 7) is 5.01. The number of carbonyl (C=O) groups is 2. The molecule has 0 unspecified atom stereocenters. The number of carboxylic acids is 1. The van der Waals surface area contributed by atoms with Gasteiger partial charge in [-0.15, -0.1) is 0 Å². The minimum absolute atomic E-state index is 0.0747. The van der Waals surface area contributed by atoms with E-state index in [1.165, 1.54) is 0 Å². The Balaban J connectivity index is 1.49. The highest BCUT2D eigenvalue weighted by Crippen LogP contribution is 2.26. The quantitative estimate of drug-likeness (QED) is 0.660. The molecule has 3 aromatic rings. The van der Waals surface area contributed by atoms with Crippen molar-refractivity contribution in [3.05, 3.63) is 83.6 Å². The number of amides is 1. The number of aromatic carboxylic acids is 1. The minimum atomic E-state index is -1.08. The molecule has 0 atom stereocenters. The van der Waals surface area contributed by atoms with Gasteiger partial charge in [-0.25, -0.2) is 9.78 Å². The van der Waals surface area contributed by atoms with Gasteiger partial charge in [-0.3, -0.25) is 4.79 Å². The summed E-state index contributed by atoms with van der Waals surface area (Å²) in [6.07, 6.45) is 1.78. The molecule has 1 aliphatic rings. The first-order chi connectivity index (χ1) is 15.0. The van der Waals surface area contributed by atoms with Crippen molar-refractivity contribution >= 4 is 29.1 Å². The number of hydrogen-bond acceptors (Lipinski definition) is 5. The van der Waals surface area contributed by atoms with Gasteiger partial charge in [0.15, 0.2) is 0 Å². The first kappa shape index (κ1) is 20.4. The lowest BCUT2D eigenvalue weighted by Gasteiger charge is -2.36. The number of pyridine rings is 1. The van der Waals surface area contributed by atoms with Gasteiger partial charge in [-0.1, -0.05) is 23.8 Å². The van der Waals surface area contributed by atoms with Crippen LogP contribution in [0.1, 0.15) is 26.3 Å². The largest absolute Gasteiger partial charge is 0.478 e. The zero-order chi connectivity index (χ0) is 21.8. The Kier molecular flexibility index (Phi) is 5.84. The van der Waals surface area contributed by atoms with Crippen molar-refractivity contribution in [2.75, 3.05) is 41.3 Å². The third kappa shape index (κ3) is 4.66. The van der Waals surface area contributed by atoms with Gasteiger partial charge in [-0.05, 0) is 49.4 Å². The van der Waals surface area contributed by atoms with Crippen molar-refractivity contribution in [1.82, 2.24) is 4.98 Å². The number of aromatic nitrogens is 1. The number of piperazine rings is 1. The summed E-state index contributed by atoms with van der Waals surface area (Å²) in [5, 5.41) is 12.5. The number of carboxylic acid groups (broad SMARTS) is 1. The summed E-state index contributed by atoms with van der Waals surface area (Å²) in [7, 11) is 0. The maximum atomic E-state index is 12.6. The van der Waals surface area contributed by atoms with Gasteiger partial charge in [0.2, 0.25) is 0 Å². The van der Waals surface area contributed by atoms with Crippen molar-refractivity contribution in [2.24, 2.45) is 0 Å². The van der Waals surface area contributed by atoms with Crippen LogP contribution in [-0.4, -0.2) is 48.1 Å². The van der Waals surface area contributed by atoms with Crippen LogP contribution >= 0.6 is 0 Å². The van der Waals surface area contributed by atoms with Crippen molar-refractivity contribution in [1.29, 1.82) is 0 Å². The Morgan fingerprint density at radius 1 is 0.935 bits per heavy atom. The van der Waals surface area contributed by atoms with Crippen LogP contribution in [0.25, 0.3) is 0 Å². The average molecular weight is 416 g/mol. The van der Waals surface area contributed by atoms with Crippen molar-refractivity contribution in [3.8, 4) is 0 Å². The lowest BCUT2D eigenvalue weighted by Crippen LogP contribution is -2.46. The molecular formula is C24H24N4O3. The summed E-state index contributed by atoms with van der Waals surface area (Å²) in [4.78, 5) is 33.2. The van der Waals surface area contributed by atoms with Crippen molar-refractivity contribution < 1.29 is 14.7 Å². The fourth-order valence-corrected chi connectivity index (χ4v) is 3.73. The van der Waals surface area contributed by atoms with Crippen molar-refractivity contribution in [3.63, 3.8) is 0 Å².